The normalized spacial score (nSPS) is 29.6. The van der Waals surface area contributed by atoms with Crippen LogP contribution in [-0.4, -0.2) is 113 Å². The van der Waals surface area contributed by atoms with E-state index in [9.17, 15) is 55.9 Å². The summed E-state index contributed by atoms with van der Waals surface area (Å²) in [5.41, 5.74) is -1.65. The van der Waals surface area contributed by atoms with Gasteiger partial charge in [0.25, 0.3) is 0 Å². The molecular formula is C26H28O16. The van der Waals surface area contributed by atoms with E-state index in [1.165, 1.54) is 0 Å². The lowest BCUT2D eigenvalue weighted by Crippen LogP contribution is -2.60. The molecule has 0 unspecified atom stereocenters. The number of aliphatic hydroxyl groups is 5. The molecule has 3 heterocycles. The van der Waals surface area contributed by atoms with Crippen LogP contribution in [0.5, 0.6) is 34.5 Å². The molecule has 10 N–H and O–H groups in total. The van der Waals surface area contributed by atoms with Crippen LogP contribution in [0, 0.1) is 0 Å². The molecular weight excluding hydrogens is 568 g/mol. The van der Waals surface area contributed by atoms with Crippen LogP contribution in [0.25, 0.3) is 22.3 Å². The van der Waals surface area contributed by atoms with Gasteiger partial charge in [0.1, 0.15) is 53.0 Å². The summed E-state index contributed by atoms with van der Waals surface area (Å²) in [5.74, 6) is -4.97. The first-order valence-corrected chi connectivity index (χ1v) is 12.6. The zero-order valence-electron chi connectivity index (χ0n) is 21.5. The summed E-state index contributed by atoms with van der Waals surface area (Å²) in [5, 5.41) is 100. The van der Waals surface area contributed by atoms with Crippen molar-refractivity contribution in [3.8, 4) is 45.8 Å². The Hall–Kier alpha value is -3.87. The highest BCUT2D eigenvalue weighted by Gasteiger charge is 2.46. The topological polar surface area (TPSA) is 269 Å². The third kappa shape index (κ3) is 5.37. The standard InChI is InChI=1S/C26H28O16/c27-6-15-10(29)5-17(39-15)38-7-16-20(34)22(36)23(37)26(41-16)42-25-21(35)18-11(30)3-9(28)4-14(18)40-24(25)8-1-12(31)19(33)13(32)2-8/h1-4,10,15-17,20,22-23,26-34,36-37H,5-7H2/t10-,15+,16+,17+,20-,22-,23+,26-/m0/s1. The summed E-state index contributed by atoms with van der Waals surface area (Å²) in [7, 11) is 0. The van der Waals surface area contributed by atoms with E-state index in [1.54, 1.807) is 0 Å². The van der Waals surface area contributed by atoms with E-state index in [0.717, 1.165) is 24.3 Å². The summed E-state index contributed by atoms with van der Waals surface area (Å²) >= 11 is 0. The van der Waals surface area contributed by atoms with E-state index < -0.39 is 113 Å². The number of hydrogen-bond acceptors (Lipinski definition) is 16. The fraction of sp³-hybridized carbons (Fsp3) is 0.423. The maximum Gasteiger partial charge on any atom is 0.239 e. The molecule has 1 aromatic heterocycles. The van der Waals surface area contributed by atoms with Crippen molar-refractivity contribution in [1.82, 2.24) is 0 Å². The fourth-order valence-electron chi connectivity index (χ4n) is 4.73. The number of ether oxygens (including phenoxy) is 4. The minimum absolute atomic E-state index is 0.00792. The van der Waals surface area contributed by atoms with Crippen LogP contribution in [0.4, 0.5) is 0 Å². The number of phenols is 5. The smallest absolute Gasteiger partial charge is 0.239 e. The van der Waals surface area contributed by atoms with Crippen LogP contribution in [0.1, 0.15) is 6.42 Å². The molecule has 0 radical (unpaired) electrons. The van der Waals surface area contributed by atoms with Gasteiger partial charge >= 0.3 is 0 Å². The highest BCUT2D eigenvalue weighted by molar-refractivity contribution is 5.88. The van der Waals surface area contributed by atoms with Gasteiger partial charge < -0.3 is 74.4 Å². The Balaban J connectivity index is 1.50. The number of phenolic OH excluding ortho intramolecular Hbond substituents is 5. The first kappa shape index (κ1) is 29.6. The monoisotopic (exact) mass is 596 g/mol. The fourth-order valence-corrected chi connectivity index (χ4v) is 4.73. The van der Waals surface area contributed by atoms with Crippen LogP contribution in [0.3, 0.4) is 0 Å². The van der Waals surface area contributed by atoms with Gasteiger partial charge in [-0.3, -0.25) is 4.79 Å². The van der Waals surface area contributed by atoms with Gasteiger partial charge in [0.2, 0.25) is 17.5 Å². The maximum atomic E-state index is 13.6. The minimum atomic E-state index is -1.96. The first-order valence-electron chi connectivity index (χ1n) is 12.6. The zero-order chi connectivity index (χ0) is 30.5. The molecule has 2 fully saturated rings. The number of benzene rings is 2. The Morgan fingerprint density at radius 1 is 0.833 bits per heavy atom. The molecule has 16 heteroatoms. The van der Waals surface area contributed by atoms with Crippen molar-refractivity contribution in [2.45, 2.75) is 55.6 Å². The van der Waals surface area contributed by atoms with E-state index >= 15 is 0 Å². The molecule has 2 saturated heterocycles. The third-order valence-electron chi connectivity index (χ3n) is 6.97. The lowest BCUT2D eigenvalue weighted by Gasteiger charge is -2.40. The van der Waals surface area contributed by atoms with Crippen molar-refractivity contribution < 1.29 is 74.4 Å². The molecule has 0 saturated carbocycles. The summed E-state index contributed by atoms with van der Waals surface area (Å²) < 4.78 is 27.8. The molecule has 0 spiro atoms. The summed E-state index contributed by atoms with van der Waals surface area (Å²) in [6, 6.07) is 3.64. The molecule has 2 aliphatic rings. The Kier molecular flexibility index (Phi) is 8.06. The second-order valence-electron chi connectivity index (χ2n) is 9.85. The molecule has 16 nitrogen and oxygen atoms in total. The van der Waals surface area contributed by atoms with Crippen molar-refractivity contribution >= 4 is 11.0 Å². The Morgan fingerprint density at radius 2 is 1.52 bits per heavy atom. The van der Waals surface area contributed by atoms with Gasteiger partial charge in [-0.2, -0.15) is 0 Å². The molecule has 5 rings (SSSR count). The maximum absolute atomic E-state index is 13.6. The van der Waals surface area contributed by atoms with Gasteiger partial charge in [0.05, 0.1) is 19.3 Å². The average molecular weight is 596 g/mol. The third-order valence-corrected chi connectivity index (χ3v) is 6.97. The molecule has 8 atom stereocenters. The number of rotatable bonds is 7. The summed E-state index contributed by atoms with van der Waals surface area (Å²) in [6.45, 7) is -0.924. The lowest BCUT2D eigenvalue weighted by atomic mass is 9.99. The molecule has 2 aliphatic heterocycles. The van der Waals surface area contributed by atoms with E-state index in [0.29, 0.717) is 0 Å². The zero-order valence-corrected chi connectivity index (χ0v) is 21.5. The van der Waals surface area contributed by atoms with Crippen molar-refractivity contribution in [3.63, 3.8) is 0 Å². The SMILES string of the molecule is O=c1c(O[C@@H]2O[C@H](CO[C@H]3C[C@H](O)[C@@H](CO)O3)[C@H](O)[C@H](O)[C@H]2O)c(-c2cc(O)c(O)c(O)c2)oc2cc(O)cc(O)c12. The van der Waals surface area contributed by atoms with Crippen LogP contribution < -0.4 is 10.2 Å². The molecule has 2 aromatic carbocycles. The molecule has 228 valence electrons. The van der Waals surface area contributed by atoms with Gasteiger partial charge in [0, 0.05) is 24.1 Å². The van der Waals surface area contributed by atoms with Gasteiger partial charge in [0.15, 0.2) is 29.3 Å². The lowest BCUT2D eigenvalue weighted by molar-refractivity contribution is -0.287. The van der Waals surface area contributed by atoms with Crippen molar-refractivity contribution in [3.05, 3.63) is 34.5 Å². The number of aliphatic hydroxyl groups excluding tert-OH is 5. The molecule has 0 amide bonds. The van der Waals surface area contributed by atoms with Crippen LogP contribution in [0.15, 0.2) is 33.5 Å². The minimum Gasteiger partial charge on any atom is -0.508 e. The quantitative estimate of drug-likeness (QED) is 0.141. The van der Waals surface area contributed by atoms with Gasteiger partial charge in [-0.25, -0.2) is 0 Å². The van der Waals surface area contributed by atoms with Gasteiger partial charge in [-0.15, -0.1) is 0 Å². The molecule has 0 aliphatic carbocycles. The van der Waals surface area contributed by atoms with Crippen LogP contribution >= 0.6 is 0 Å². The predicted octanol–water partition coefficient (Wildman–Crippen LogP) is -1.34. The van der Waals surface area contributed by atoms with Crippen LogP contribution in [-0.2, 0) is 14.2 Å². The Morgan fingerprint density at radius 3 is 2.17 bits per heavy atom. The molecule has 0 bridgehead atoms. The number of aromatic hydroxyl groups is 5. The predicted molar refractivity (Wildman–Crippen MR) is 136 cm³/mol. The van der Waals surface area contributed by atoms with Crippen molar-refractivity contribution in [1.29, 1.82) is 0 Å². The van der Waals surface area contributed by atoms with E-state index in [1.807, 2.05) is 0 Å². The van der Waals surface area contributed by atoms with Gasteiger partial charge in [-0.05, 0) is 12.1 Å². The Bertz CT molecular complexity index is 1500. The van der Waals surface area contributed by atoms with Gasteiger partial charge in [-0.1, -0.05) is 0 Å². The largest absolute Gasteiger partial charge is 0.508 e. The average Bonchev–Trinajstić information content (AvgIpc) is 3.30. The highest BCUT2D eigenvalue weighted by atomic mass is 16.7. The molecule has 3 aromatic rings. The van der Waals surface area contributed by atoms with Crippen molar-refractivity contribution in [2.24, 2.45) is 0 Å². The van der Waals surface area contributed by atoms with E-state index in [-0.39, 0.29) is 17.6 Å². The second kappa shape index (κ2) is 11.4. The number of hydrogen-bond donors (Lipinski definition) is 10. The van der Waals surface area contributed by atoms with Crippen molar-refractivity contribution in [2.75, 3.05) is 13.2 Å². The summed E-state index contributed by atoms with van der Waals surface area (Å²) in [4.78, 5) is 13.6. The van der Waals surface area contributed by atoms with E-state index in [2.05, 4.69) is 0 Å². The number of fused-ring (bicyclic) bond motifs is 1. The molecule has 42 heavy (non-hydrogen) atoms. The summed E-state index contributed by atoms with van der Waals surface area (Å²) in [6.07, 6.45) is -11.7. The highest BCUT2D eigenvalue weighted by Crippen LogP contribution is 2.43. The van der Waals surface area contributed by atoms with Crippen LogP contribution in [0.2, 0.25) is 0 Å². The van der Waals surface area contributed by atoms with E-state index in [4.69, 9.17) is 23.4 Å². The first-order chi connectivity index (χ1) is 19.9. The Labute approximate surface area is 235 Å². The second-order valence-corrected chi connectivity index (χ2v) is 9.85.